The molecular weight excluding hydrogens is 384 g/mol. The number of rotatable bonds is 6. The number of hydrogen-bond donors (Lipinski definition) is 3. The van der Waals surface area contributed by atoms with E-state index < -0.39 is 10.0 Å². The van der Waals surface area contributed by atoms with Gasteiger partial charge in [-0.1, -0.05) is 36.5 Å². The van der Waals surface area contributed by atoms with Crippen LogP contribution in [0.3, 0.4) is 0 Å². The van der Waals surface area contributed by atoms with Crippen LogP contribution in [0.1, 0.15) is 20.3 Å². The normalized spacial score (nSPS) is 12.5. The van der Waals surface area contributed by atoms with Gasteiger partial charge in [-0.15, -0.1) is 0 Å². The lowest BCUT2D eigenvalue weighted by molar-refractivity contribution is 0.249. The minimum atomic E-state index is -3.69. The maximum absolute atomic E-state index is 12.4. The van der Waals surface area contributed by atoms with Gasteiger partial charge in [-0.05, 0) is 43.7 Å². The van der Waals surface area contributed by atoms with Crippen LogP contribution in [0, 0.1) is 0 Å². The van der Waals surface area contributed by atoms with Gasteiger partial charge in [-0.2, -0.15) is 0 Å². The van der Waals surface area contributed by atoms with E-state index in [4.69, 9.17) is 0 Å². The molecule has 9 heteroatoms. The predicted octanol–water partition coefficient (Wildman–Crippen LogP) is 4.02. The topological polar surface area (TPSA) is 100 Å². The monoisotopic (exact) mass is 404 g/mol. The lowest BCUT2D eigenvalue weighted by Gasteiger charge is -2.12. The second-order valence-corrected chi connectivity index (χ2v) is 8.74. The number of sulfonamides is 1. The number of nitrogens with zero attached hydrogens (tertiary/aromatic N) is 1. The van der Waals surface area contributed by atoms with Crippen molar-refractivity contribution < 1.29 is 13.2 Å². The first-order valence-corrected chi connectivity index (χ1v) is 10.7. The van der Waals surface area contributed by atoms with Crippen molar-refractivity contribution in [2.24, 2.45) is 0 Å². The molecule has 1 heterocycles. The van der Waals surface area contributed by atoms with E-state index in [1.165, 1.54) is 23.5 Å². The van der Waals surface area contributed by atoms with E-state index >= 15 is 0 Å². The molecule has 142 valence electrons. The number of urea groups is 1. The Morgan fingerprint density at radius 2 is 1.93 bits per heavy atom. The van der Waals surface area contributed by atoms with E-state index in [-0.39, 0.29) is 22.1 Å². The van der Waals surface area contributed by atoms with Crippen LogP contribution in [0.2, 0.25) is 0 Å². The van der Waals surface area contributed by atoms with Gasteiger partial charge >= 0.3 is 6.03 Å². The van der Waals surface area contributed by atoms with Crippen molar-refractivity contribution in [2.45, 2.75) is 31.2 Å². The van der Waals surface area contributed by atoms with Crippen LogP contribution < -0.4 is 15.4 Å². The number of carbonyl (C=O) groups excluding carboxylic acids is 1. The molecule has 3 N–H and O–H groups in total. The average molecular weight is 405 g/mol. The fourth-order valence-corrected chi connectivity index (χ4v) is 4.47. The van der Waals surface area contributed by atoms with Crippen molar-refractivity contribution in [3.8, 4) is 0 Å². The van der Waals surface area contributed by atoms with Gasteiger partial charge in [0.1, 0.15) is 0 Å². The first-order valence-electron chi connectivity index (χ1n) is 8.43. The zero-order valence-corrected chi connectivity index (χ0v) is 16.5. The SMILES string of the molecule is CC[C@@H](C)NC(=O)Nc1ccc2nc(NS(=O)(=O)c3ccccc3)sc2c1. The van der Waals surface area contributed by atoms with Gasteiger partial charge in [0.15, 0.2) is 5.13 Å². The summed E-state index contributed by atoms with van der Waals surface area (Å²) in [5.41, 5.74) is 1.27. The summed E-state index contributed by atoms with van der Waals surface area (Å²) in [5, 5.41) is 5.87. The molecule has 7 nitrogen and oxygen atoms in total. The van der Waals surface area contributed by atoms with Crippen molar-refractivity contribution in [1.82, 2.24) is 10.3 Å². The lowest BCUT2D eigenvalue weighted by atomic mass is 10.2. The number of aromatic nitrogens is 1. The van der Waals surface area contributed by atoms with Crippen LogP contribution in [0.15, 0.2) is 53.4 Å². The van der Waals surface area contributed by atoms with Gasteiger partial charge in [-0.3, -0.25) is 4.72 Å². The van der Waals surface area contributed by atoms with Crippen molar-refractivity contribution in [3.63, 3.8) is 0 Å². The summed E-state index contributed by atoms with van der Waals surface area (Å²) in [6, 6.07) is 13.2. The maximum atomic E-state index is 12.4. The van der Waals surface area contributed by atoms with E-state index in [0.717, 1.165) is 11.1 Å². The number of benzene rings is 2. The Labute approximate surface area is 161 Å². The highest BCUT2D eigenvalue weighted by molar-refractivity contribution is 7.93. The molecule has 0 saturated heterocycles. The number of amides is 2. The minimum absolute atomic E-state index is 0.0798. The summed E-state index contributed by atoms with van der Waals surface area (Å²) in [6.45, 7) is 3.92. The van der Waals surface area contributed by atoms with E-state index in [1.807, 2.05) is 13.8 Å². The van der Waals surface area contributed by atoms with Gasteiger partial charge in [0.25, 0.3) is 10.0 Å². The molecule has 0 unspecified atom stereocenters. The number of carbonyl (C=O) groups is 1. The highest BCUT2D eigenvalue weighted by Gasteiger charge is 2.16. The van der Waals surface area contributed by atoms with Gasteiger partial charge in [0.05, 0.1) is 15.1 Å². The van der Waals surface area contributed by atoms with E-state index in [1.54, 1.807) is 36.4 Å². The van der Waals surface area contributed by atoms with Gasteiger partial charge in [-0.25, -0.2) is 18.2 Å². The van der Waals surface area contributed by atoms with Crippen LogP contribution in [0.4, 0.5) is 15.6 Å². The standard InChI is InChI=1S/C18H20N4O3S2/c1-3-12(2)19-17(23)20-13-9-10-15-16(11-13)26-18(21-15)22-27(24,25)14-7-5-4-6-8-14/h4-12H,3H2,1-2H3,(H,21,22)(H2,19,20,23)/t12-/m1/s1. The predicted molar refractivity (Wildman–Crippen MR) is 109 cm³/mol. The van der Waals surface area contributed by atoms with Crippen molar-refractivity contribution in [2.75, 3.05) is 10.0 Å². The Bertz CT molecular complexity index is 1050. The minimum Gasteiger partial charge on any atom is -0.335 e. The Morgan fingerprint density at radius 1 is 1.19 bits per heavy atom. The molecule has 0 fully saturated rings. The molecule has 0 saturated carbocycles. The number of nitrogens with one attached hydrogen (secondary N) is 3. The summed E-state index contributed by atoms with van der Waals surface area (Å²) in [6.07, 6.45) is 0.840. The zero-order chi connectivity index (χ0) is 19.4. The molecular formula is C18H20N4O3S2. The van der Waals surface area contributed by atoms with Crippen molar-refractivity contribution in [1.29, 1.82) is 0 Å². The Hall–Kier alpha value is -2.65. The average Bonchev–Trinajstić information content (AvgIpc) is 3.02. The molecule has 0 radical (unpaired) electrons. The van der Waals surface area contributed by atoms with E-state index in [2.05, 4.69) is 20.3 Å². The van der Waals surface area contributed by atoms with Crippen LogP contribution in [-0.4, -0.2) is 25.5 Å². The van der Waals surface area contributed by atoms with E-state index in [0.29, 0.717) is 11.2 Å². The highest BCUT2D eigenvalue weighted by atomic mass is 32.2. The molecule has 0 bridgehead atoms. The van der Waals surface area contributed by atoms with Crippen LogP contribution >= 0.6 is 11.3 Å². The lowest BCUT2D eigenvalue weighted by Crippen LogP contribution is -2.35. The second-order valence-electron chi connectivity index (χ2n) is 6.03. The summed E-state index contributed by atoms with van der Waals surface area (Å²) < 4.78 is 28.1. The van der Waals surface area contributed by atoms with Crippen molar-refractivity contribution >= 4 is 48.4 Å². The third-order valence-electron chi connectivity index (χ3n) is 3.91. The van der Waals surface area contributed by atoms with E-state index in [9.17, 15) is 13.2 Å². The largest absolute Gasteiger partial charge is 0.335 e. The number of fused-ring (bicyclic) bond motifs is 1. The zero-order valence-electron chi connectivity index (χ0n) is 14.9. The van der Waals surface area contributed by atoms with Gasteiger partial charge < -0.3 is 10.6 Å². The first-order chi connectivity index (χ1) is 12.9. The number of anilines is 2. The van der Waals surface area contributed by atoms with Crippen LogP contribution in [0.5, 0.6) is 0 Å². The fraction of sp³-hybridized carbons (Fsp3) is 0.222. The molecule has 1 aromatic heterocycles. The van der Waals surface area contributed by atoms with Crippen molar-refractivity contribution in [3.05, 3.63) is 48.5 Å². The molecule has 0 aliphatic carbocycles. The number of thiazole rings is 1. The summed E-state index contributed by atoms with van der Waals surface area (Å²) >= 11 is 1.21. The quantitative estimate of drug-likeness (QED) is 0.578. The first kappa shape index (κ1) is 19.1. The molecule has 2 aromatic carbocycles. The summed E-state index contributed by atoms with van der Waals surface area (Å²) in [5.74, 6) is 0. The van der Waals surface area contributed by atoms with Gasteiger partial charge in [0, 0.05) is 11.7 Å². The maximum Gasteiger partial charge on any atom is 0.319 e. The Morgan fingerprint density at radius 3 is 2.63 bits per heavy atom. The fourth-order valence-electron chi connectivity index (χ4n) is 2.31. The summed E-state index contributed by atoms with van der Waals surface area (Å²) in [4.78, 5) is 16.4. The van der Waals surface area contributed by atoms with Crippen LogP contribution in [-0.2, 0) is 10.0 Å². The molecule has 27 heavy (non-hydrogen) atoms. The highest BCUT2D eigenvalue weighted by Crippen LogP contribution is 2.29. The molecule has 0 aliphatic heterocycles. The third-order valence-corrected chi connectivity index (χ3v) is 6.33. The molecule has 0 aliphatic rings. The van der Waals surface area contributed by atoms with Gasteiger partial charge in [0.2, 0.25) is 0 Å². The Balaban J connectivity index is 1.77. The number of hydrogen-bond acceptors (Lipinski definition) is 5. The second kappa shape index (κ2) is 7.93. The molecule has 1 atom stereocenters. The molecule has 0 spiro atoms. The van der Waals surface area contributed by atoms with Crippen LogP contribution in [0.25, 0.3) is 10.2 Å². The summed E-state index contributed by atoms with van der Waals surface area (Å²) in [7, 11) is -3.69. The Kier molecular flexibility index (Phi) is 5.62. The third kappa shape index (κ3) is 4.75. The molecule has 2 amide bonds. The smallest absolute Gasteiger partial charge is 0.319 e. The molecule has 3 rings (SSSR count). The molecule has 3 aromatic rings.